The van der Waals surface area contributed by atoms with Gasteiger partial charge in [0.05, 0.1) is 0 Å². The molecule has 0 amide bonds. The van der Waals surface area contributed by atoms with Crippen molar-refractivity contribution in [2.75, 3.05) is 20.1 Å². The van der Waals surface area contributed by atoms with E-state index < -0.39 is 0 Å². The lowest BCUT2D eigenvalue weighted by Crippen LogP contribution is -2.19. The lowest BCUT2D eigenvalue weighted by atomic mass is 10.2. The summed E-state index contributed by atoms with van der Waals surface area (Å²) >= 11 is 9.54. The third-order valence-electron chi connectivity index (χ3n) is 3.40. The summed E-state index contributed by atoms with van der Waals surface area (Å²) in [7, 11) is 1.97. The minimum absolute atomic E-state index is 0.509. The van der Waals surface area contributed by atoms with Crippen molar-refractivity contribution in [2.24, 2.45) is 0 Å². The minimum Gasteiger partial charge on any atom is -0.489 e. The molecule has 0 spiro atoms. The first-order valence-corrected chi connectivity index (χ1v) is 8.87. The molecule has 0 aromatic heterocycles. The van der Waals surface area contributed by atoms with Crippen molar-refractivity contribution >= 4 is 27.5 Å². The molecule has 23 heavy (non-hydrogen) atoms. The molecular formula is C18H22BrClN2O. The van der Waals surface area contributed by atoms with Gasteiger partial charge in [-0.05, 0) is 62.5 Å². The van der Waals surface area contributed by atoms with Crippen LogP contribution in [0, 0.1) is 0 Å². The molecule has 2 N–H and O–H groups in total. The van der Waals surface area contributed by atoms with E-state index in [9.17, 15) is 0 Å². The van der Waals surface area contributed by atoms with E-state index in [0.29, 0.717) is 6.61 Å². The van der Waals surface area contributed by atoms with Gasteiger partial charge >= 0.3 is 0 Å². The molecule has 0 saturated carbocycles. The maximum atomic E-state index is 6.01. The van der Waals surface area contributed by atoms with E-state index in [2.05, 4.69) is 32.6 Å². The van der Waals surface area contributed by atoms with Crippen LogP contribution in [0.15, 0.2) is 46.9 Å². The van der Waals surface area contributed by atoms with Crippen LogP contribution < -0.4 is 15.4 Å². The molecule has 2 rings (SSSR count). The standard InChI is InChI=1S/C18H22BrClN2O/c1-21-8-3-9-22-12-15-11-16(19)6-7-18(15)23-13-14-4-2-5-17(20)10-14/h2,4-7,10-11,21-22H,3,8-9,12-13H2,1H3. The van der Waals surface area contributed by atoms with E-state index in [-0.39, 0.29) is 0 Å². The zero-order valence-electron chi connectivity index (χ0n) is 13.2. The summed E-state index contributed by atoms with van der Waals surface area (Å²) in [6.45, 7) is 3.29. The van der Waals surface area contributed by atoms with E-state index in [1.165, 1.54) is 0 Å². The first-order chi connectivity index (χ1) is 11.2. The maximum Gasteiger partial charge on any atom is 0.124 e. The molecule has 5 heteroatoms. The Labute approximate surface area is 151 Å². The Morgan fingerprint density at radius 2 is 2.00 bits per heavy atom. The van der Waals surface area contributed by atoms with Gasteiger partial charge in [-0.3, -0.25) is 0 Å². The molecule has 0 fully saturated rings. The Morgan fingerprint density at radius 1 is 1.13 bits per heavy atom. The van der Waals surface area contributed by atoms with Gasteiger partial charge in [0.15, 0.2) is 0 Å². The Balaban J connectivity index is 1.94. The topological polar surface area (TPSA) is 33.3 Å². The molecule has 2 aromatic carbocycles. The molecular weight excluding hydrogens is 376 g/mol. The van der Waals surface area contributed by atoms with Crippen molar-refractivity contribution in [3.8, 4) is 5.75 Å². The fourth-order valence-corrected chi connectivity index (χ4v) is 2.85. The van der Waals surface area contributed by atoms with E-state index in [0.717, 1.165) is 52.4 Å². The molecule has 0 unspecified atom stereocenters. The smallest absolute Gasteiger partial charge is 0.124 e. The highest BCUT2D eigenvalue weighted by molar-refractivity contribution is 9.10. The Bertz CT molecular complexity index is 622. The summed E-state index contributed by atoms with van der Waals surface area (Å²) in [6, 6.07) is 13.8. The van der Waals surface area contributed by atoms with E-state index >= 15 is 0 Å². The minimum atomic E-state index is 0.509. The first kappa shape index (κ1) is 18.3. The Morgan fingerprint density at radius 3 is 2.78 bits per heavy atom. The second-order valence-electron chi connectivity index (χ2n) is 5.30. The number of hydrogen-bond donors (Lipinski definition) is 2. The van der Waals surface area contributed by atoms with Crippen LogP contribution in [0.4, 0.5) is 0 Å². The van der Waals surface area contributed by atoms with E-state index in [1.807, 2.05) is 43.4 Å². The van der Waals surface area contributed by atoms with E-state index in [4.69, 9.17) is 16.3 Å². The van der Waals surface area contributed by atoms with Crippen molar-refractivity contribution < 1.29 is 4.74 Å². The Kier molecular flexibility index (Phi) is 7.89. The quantitative estimate of drug-likeness (QED) is 0.616. The molecule has 124 valence electrons. The largest absolute Gasteiger partial charge is 0.489 e. The highest BCUT2D eigenvalue weighted by atomic mass is 79.9. The molecule has 0 aliphatic carbocycles. The molecule has 0 bridgehead atoms. The van der Waals surface area contributed by atoms with Gasteiger partial charge in [-0.25, -0.2) is 0 Å². The molecule has 0 atom stereocenters. The number of halogens is 2. The average molecular weight is 398 g/mol. The van der Waals surface area contributed by atoms with Gasteiger partial charge in [-0.2, -0.15) is 0 Å². The van der Waals surface area contributed by atoms with Gasteiger partial charge in [0.25, 0.3) is 0 Å². The SMILES string of the molecule is CNCCCNCc1cc(Br)ccc1OCc1cccc(Cl)c1. The van der Waals surface area contributed by atoms with Crippen molar-refractivity contribution in [3.63, 3.8) is 0 Å². The molecule has 0 aliphatic rings. The van der Waals surface area contributed by atoms with Crippen molar-refractivity contribution in [1.82, 2.24) is 10.6 Å². The van der Waals surface area contributed by atoms with Gasteiger partial charge in [0, 0.05) is 21.6 Å². The van der Waals surface area contributed by atoms with Crippen LogP contribution >= 0.6 is 27.5 Å². The number of nitrogens with one attached hydrogen (secondary N) is 2. The van der Waals surface area contributed by atoms with Crippen LogP contribution in [0.3, 0.4) is 0 Å². The lowest BCUT2D eigenvalue weighted by Gasteiger charge is -2.13. The summed E-state index contributed by atoms with van der Waals surface area (Å²) < 4.78 is 7.03. The second kappa shape index (κ2) is 9.93. The molecule has 0 radical (unpaired) electrons. The zero-order chi connectivity index (χ0) is 16.5. The van der Waals surface area contributed by atoms with Gasteiger partial charge in [0.2, 0.25) is 0 Å². The highest BCUT2D eigenvalue weighted by Crippen LogP contribution is 2.24. The van der Waals surface area contributed by atoms with Crippen LogP contribution in [-0.4, -0.2) is 20.1 Å². The first-order valence-electron chi connectivity index (χ1n) is 7.70. The van der Waals surface area contributed by atoms with Crippen molar-refractivity contribution in [2.45, 2.75) is 19.6 Å². The van der Waals surface area contributed by atoms with Gasteiger partial charge in [-0.1, -0.05) is 39.7 Å². The summed E-state index contributed by atoms with van der Waals surface area (Å²) in [6.07, 6.45) is 1.10. The fourth-order valence-electron chi connectivity index (χ4n) is 2.23. The normalized spacial score (nSPS) is 10.7. The predicted octanol–water partition coefficient (Wildman–Crippen LogP) is 4.38. The summed E-state index contributed by atoms with van der Waals surface area (Å²) in [5.74, 6) is 0.897. The summed E-state index contributed by atoms with van der Waals surface area (Å²) in [4.78, 5) is 0. The predicted molar refractivity (Wildman–Crippen MR) is 100 cm³/mol. The molecule has 0 heterocycles. The number of hydrogen-bond acceptors (Lipinski definition) is 3. The van der Waals surface area contributed by atoms with Crippen LogP contribution in [0.1, 0.15) is 17.5 Å². The van der Waals surface area contributed by atoms with Crippen molar-refractivity contribution in [3.05, 3.63) is 63.1 Å². The molecule has 2 aromatic rings. The van der Waals surface area contributed by atoms with Crippen LogP contribution in [0.5, 0.6) is 5.75 Å². The molecule has 0 aliphatic heterocycles. The fraction of sp³-hybridized carbons (Fsp3) is 0.333. The van der Waals surface area contributed by atoms with Crippen LogP contribution in [-0.2, 0) is 13.2 Å². The van der Waals surface area contributed by atoms with Crippen molar-refractivity contribution in [1.29, 1.82) is 0 Å². The second-order valence-corrected chi connectivity index (χ2v) is 6.66. The average Bonchev–Trinajstić information content (AvgIpc) is 2.54. The summed E-state index contributed by atoms with van der Waals surface area (Å²) in [5, 5.41) is 7.33. The van der Waals surface area contributed by atoms with Gasteiger partial charge in [-0.15, -0.1) is 0 Å². The summed E-state index contributed by atoms with van der Waals surface area (Å²) in [5.41, 5.74) is 2.21. The zero-order valence-corrected chi connectivity index (χ0v) is 15.6. The molecule has 3 nitrogen and oxygen atoms in total. The third-order valence-corrected chi connectivity index (χ3v) is 4.13. The Hall–Kier alpha value is -1.07. The van der Waals surface area contributed by atoms with E-state index in [1.54, 1.807) is 0 Å². The number of rotatable bonds is 9. The monoisotopic (exact) mass is 396 g/mol. The maximum absolute atomic E-state index is 6.01. The van der Waals surface area contributed by atoms with Gasteiger partial charge < -0.3 is 15.4 Å². The lowest BCUT2D eigenvalue weighted by molar-refractivity contribution is 0.302. The molecule has 0 saturated heterocycles. The number of benzene rings is 2. The van der Waals surface area contributed by atoms with Crippen LogP contribution in [0.25, 0.3) is 0 Å². The van der Waals surface area contributed by atoms with Gasteiger partial charge in [0.1, 0.15) is 12.4 Å². The number of ether oxygens (including phenoxy) is 1. The third kappa shape index (κ3) is 6.51. The highest BCUT2D eigenvalue weighted by Gasteiger charge is 2.05. The van der Waals surface area contributed by atoms with Crippen LogP contribution in [0.2, 0.25) is 5.02 Å².